The maximum atomic E-state index is 13.3. The molecule has 0 unspecified atom stereocenters. The summed E-state index contributed by atoms with van der Waals surface area (Å²) in [4.78, 5) is 74.3. The molecule has 0 fully saturated rings. The van der Waals surface area contributed by atoms with Gasteiger partial charge in [0.25, 0.3) is 23.2 Å². The number of non-ortho nitro benzene ring substituents is 2. The number of hydrogen-bond donors (Lipinski definition) is 0. The van der Waals surface area contributed by atoms with E-state index in [-0.39, 0.29) is 44.9 Å². The summed E-state index contributed by atoms with van der Waals surface area (Å²) in [5.74, 6) is -2.98. The number of Topliss-reactive ketones (excluding diaryl/α,β-unsaturated/α-hetero) is 1. The molecule has 4 aromatic carbocycles. The Balaban J connectivity index is 1.44. The number of esters is 1. The monoisotopic (exact) mass is 551 g/mol. The van der Waals surface area contributed by atoms with E-state index < -0.39 is 39.5 Å². The molecule has 5 rings (SSSR count). The van der Waals surface area contributed by atoms with E-state index in [0.29, 0.717) is 0 Å². The van der Waals surface area contributed by atoms with Crippen molar-refractivity contribution in [1.82, 2.24) is 0 Å². The van der Waals surface area contributed by atoms with Crippen LogP contribution in [0.2, 0.25) is 0 Å². The predicted octanol–water partition coefficient (Wildman–Crippen LogP) is 5.08. The van der Waals surface area contributed by atoms with Crippen LogP contribution in [0.1, 0.15) is 53.1 Å². The Hall–Kier alpha value is -6.04. The number of anilines is 1. The van der Waals surface area contributed by atoms with Crippen LogP contribution in [-0.4, -0.2) is 33.4 Å². The van der Waals surface area contributed by atoms with Gasteiger partial charge in [-0.25, -0.2) is 9.69 Å². The number of hydrogen-bond acceptors (Lipinski definition) is 9. The lowest BCUT2D eigenvalue weighted by atomic mass is 9.99. The fourth-order valence-corrected chi connectivity index (χ4v) is 4.30. The van der Waals surface area contributed by atoms with Gasteiger partial charge in [0.2, 0.25) is 5.78 Å². The average Bonchev–Trinajstić information content (AvgIpc) is 3.24. The second kappa shape index (κ2) is 10.6. The van der Waals surface area contributed by atoms with Gasteiger partial charge in [0, 0.05) is 35.4 Å². The molecule has 0 aliphatic carbocycles. The van der Waals surface area contributed by atoms with Crippen LogP contribution in [0, 0.1) is 20.2 Å². The van der Waals surface area contributed by atoms with Crippen LogP contribution in [-0.2, 0) is 4.74 Å². The Morgan fingerprint density at radius 3 is 1.83 bits per heavy atom. The Kier molecular flexibility index (Phi) is 6.88. The summed E-state index contributed by atoms with van der Waals surface area (Å²) >= 11 is 0. The number of nitro benzene ring substituents is 2. The van der Waals surface area contributed by atoms with E-state index in [9.17, 15) is 39.4 Å². The normalized spacial score (nSPS) is 12.9. The number of rotatable bonds is 8. The van der Waals surface area contributed by atoms with Crippen molar-refractivity contribution in [2.45, 2.75) is 6.10 Å². The van der Waals surface area contributed by atoms with E-state index >= 15 is 0 Å². The van der Waals surface area contributed by atoms with E-state index in [4.69, 9.17) is 4.74 Å². The van der Waals surface area contributed by atoms with Gasteiger partial charge in [-0.1, -0.05) is 30.3 Å². The predicted molar refractivity (Wildman–Crippen MR) is 143 cm³/mol. The number of amides is 2. The Morgan fingerprint density at radius 2 is 1.24 bits per heavy atom. The van der Waals surface area contributed by atoms with Crippen molar-refractivity contribution in [3.63, 3.8) is 0 Å². The lowest BCUT2D eigenvalue weighted by molar-refractivity contribution is -0.385. The van der Waals surface area contributed by atoms with E-state index in [1.807, 2.05) is 0 Å². The summed E-state index contributed by atoms with van der Waals surface area (Å²) in [5.41, 5.74) is -0.109. The van der Waals surface area contributed by atoms with Gasteiger partial charge in [0.1, 0.15) is 0 Å². The van der Waals surface area contributed by atoms with Gasteiger partial charge in [-0.05, 0) is 42.5 Å². The van der Waals surface area contributed by atoms with Crippen LogP contribution in [0.15, 0.2) is 97.1 Å². The van der Waals surface area contributed by atoms with Crippen LogP contribution >= 0.6 is 0 Å². The van der Waals surface area contributed by atoms with Crippen molar-refractivity contribution in [2.24, 2.45) is 0 Å². The molecule has 0 saturated heterocycles. The molecule has 4 aromatic rings. The van der Waals surface area contributed by atoms with Crippen LogP contribution in [0.5, 0.6) is 0 Å². The number of fused-ring (bicyclic) bond motifs is 1. The molecule has 0 radical (unpaired) electrons. The van der Waals surface area contributed by atoms with Crippen molar-refractivity contribution < 1.29 is 33.8 Å². The first kappa shape index (κ1) is 26.6. The number of ether oxygens (including phenoxy) is 1. The van der Waals surface area contributed by atoms with Crippen molar-refractivity contribution >= 4 is 40.6 Å². The Bertz CT molecular complexity index is 1730. The highest BCUT2D eigenvalue weighted by molar-refractivity contribution is 6.34. The molecule has 1 aliphatic heterocycles. The van der Waals surface area contributed by atoms with Crippen LogP contribution in [0.25, 0.3) is 0 Å². The largest absolute Gasteiger partial charge is 0.445 e. The highest BCUT2D eigenvalue weighted by atomic mass is 16.6. The van der Waals surface area contributed by atoms with E-state index in [2.05, 4.69) is 0 Å². The van der Waals surface area contributed by atoms with Gasteiger partial charge in [-0.2, -0.15) is 0 Å². The molecule has 12 nitrogen and oxygen atoms in total. The zero-order valence-corrected chi connectivity index (χ0v) is 20.8. The third-order valence-electron chi connectivity index (χ3n) is 6.37. The lowest BCUT2D eigenvalue weighted by Gasteiger charge is -2.17. The molecule has 1 heterocycles. The number of ketones is 1. The van der Waals surface area contributed by atoms with Gasteiger partial charge < -0.3 is 4.74 Å². The molecule has 0 bridgehead atoms. The molecule has 202 valence electrons. The Labute approximate surface area is 230 Å². The van der Waals surface area contributed by atoms with E-state index in [1.165, 1.54) is 66.7 Å². The second-order valence-electron chi connectivity index (χ2n) is 8.84. The molecular weight excluding hydrogens is 534 g/mol. The first-order chi connectivity index (χ1) is 19.7. The number of carbonyl (C=O) groups excluding carboxylic acids is 4. The number of benzene rings is 4. The van der Waals surface area contributed by atoms with Gasteiger partial charge in [-0.15, -0.1) is 0 Å². The standard InChI is InChI=1S/C29H17N3O9/c33-25(17-4-2-1-3-5-17)26(18-6-9-21(10-7-18)31(37)38)41-29(36)19-8-15-23-24(16-19)28(35)30(27(23)34)20-11-13-22(14-12-20)32(39)40/h1-16,26H/t26-/m0/s1. The number of nitrogens with zero attached hydrogens (tertiary/aromatic N) is 3. The van der Waals surface area contributed by atoms with Crippen molar-refractivity contribution in [3.05, 3.63) is 145 Å². The van der Waals surface area contributed by atoms with E-state index in [1.54, 1.807) is 18.2 Å². The number of carbonyl (C=O) groups is 4. The maximum absolute atomic E-state index is 13.3. The van der Waals surface area contributed by atoms with E-state index in [0.717, 1.165) is 17.0 Å². The average molecular weight is 551 g/mol. The van der Waals surface area contributed by atoms with Crippen LogP contribution < -0.4 is 4.90 Å². The minimum absolute atomic E-state index is 0.0113. The third-order valence-corrected chi connectivity index (χ3v) is 6.37. The lowest BCUT2D eigenvalue weighted by Crippen LogP contribution is -2.29. The summed E-state index contributed by atoms with van der Waals surface area (Å²) in [6, 6.07) is 21.5. The SMILES string of the molecule is O=C(O[C@H](C(=O)c1ccccc1)c1ccc([N+](=O)[O-])cc1)c1ccc2c(c1)C(=O)N(c1ccc([N+](=O)[O-])cc1)C2=O. The van der Waals surface area contributed by atoms with Gasteiger partial charge in [0.05, 0.1) is 32.2 Å². The molecule has 0 N–H and O–H groups in total. The first-order valence-corrected chi connectivity index (χ1v) is 12.0. The van der Waals surface area contributed by atoms with Crippen molar-refractivity contribution in [3.8, 4) is 0 Å². The van der Waals surface area contributed by atoms with Gasteiger partial charge >= 0.3 is 5.97 Å². The van der Waals surface area contributed by atoms with Crippen molar-refractivity contribution in [2.75, 3.05) is 4.90 Å². The molecule has 1 aliphatic rings. The van der Waals surface area contributed by atoms with Crippen LogP contribution in [0.4, 0.5) is 17.1 Å². The molecular formula is C29H17N3O9. The molecule has 12 heteroatoms. The second-order valence-corrected chi connectivity index (χ2v) is 8.84. The number of nitro groups is 2. The van der Waals surface area contributed by atoms with Crippen molar-refractivity contribution in [1.29, 1.82) is 0 Å². The van der Waals surface area contributed by atoms with Crippen LogP contribution in [0.3, 0.4) is 0 Å². The fourth-order valence-electron chi connectivity index (χ4n) is 4.30. The minimum atomic E-state index is -1.46. The summed E-state index contributed by atoms with van der Waals surface area (Å²) in [6.07, 6.45) is -1.46. The number of imide groups is 1. The highest BCUT2D eigenvalue weighted by Gasteiger charge is 2.38. The summed E-state index contributed by atoms with van der Waals surface area (Å²) < 4.78 is 5.58. The first-order valence-electron chi connectivity index (χ1n) is 12.0. The molecule has 0 aromatic heterocycles. The summed E-state index contributed by atoms with van der Waals surface area (Å²) in [5, 5.41) is 22.0. The topological polar surface area (TPSA) is 167 Å². The zero-order valence-electron chi connectivity index (χ0n) is 20.8. The molecule has 2 amide bonds. The molecule has 0 saturated carbocycles. The molecule has 41 heavy (non-hydrogen) atoms. The smallest absolute Gasteiger partial charge is 0.339 e. The molecule has 0 spiro atoms. The zero-order chi connectivity index (χ0) is 29.3. The maximum Gasteiger partial charge on any atom is 0.339 e. The molecule has 1 atom stereocenters. The quantitative estimate of drug-likeness (QED) is 0.0953. The third kappa shape index (κ3) is 5.04. The summed E-state index contributed by atoms with van der Waals surface area (Å²) in [7, 11) is 0. The minimum Gasteiger partial charge on any atom is -0.445 e. The fraction of sp³-hybridized carbons (Fsp3) is 0.0345. The Morgan fingerprint density at radius 1 is 0.683 bits per heavy atom. The highest BCUT2D eigenvalue weighted by Crippen LogP contribution is 2.31. The van der Waals surface area contributed by atoms with Gasteiger partial charge in [0.15, 0.2) is 6.10 Å². The van der Waals surface area contributed by atoms with Gasteiger partial charge in [-0.3, -0.25) is 34.6 Å². The summed E-state index contributed by atoms with van der Waals surface area (Å²) in [6.45, 7) is 0.